The van der Waals surface area contributed by atoms with E-state index in [1.54, 1.807) is 7.11 Å². The van der Waals surface area contributed by atoms with Crippen LogP contribution in [0, 0.1) is 0 Å². The zero-order valence-corrected chi connectivity index (χ0v) is 8.84. The summed E-state index contributed by atoms with van der Waals surface area (Å²) in [6.45, 7) is 1.55. The van der Waals surface area contributed by atoms with Crippen LogP contribution in [0.3, 0.4) is 0 Å². The third-order valence-electron chi connectivity index (χ3n) is 2.17. The van der Waals surface area contributed by atoms with Crippen LogP contribution in [0.1, 0.15) is 18.5 Å². The fourth-order valence-corrected chi connectivity index (χ4v) is 1.29. The highest BCUT2D eigenvalue weighted by molar-refractivity contribution is 5.30. The van der Waals surface area contributed by atoms with E-state index in [1.807, 2.05) is 31.2 Å². The number of halogens is 2. The summed E-state index contributed by atoms with van der Waals surface area (Å²) in [4.78, 5) is 0. The molecule has 1 atom stereocenters. The Balaban J connectivity index is 2.60. The molecule has 15 heavy (non-hydrogen) atoms. The molecule has 0 saturated carbocycles. The van der Waals surface area contributed by atoms with Gasteiger partial charge in [-0.3, -0.25) is 0 Å². The molecule has 1 N–H and O–H groups in total. The standard InChI is InChI=1S/C11H15F2NO/c1-8(14-7-11(12)13)9-4-3-5-10(6-9)15-2/h3-6,8,11,14H,7H2,1-2H3/t8-/m1/s1. The normalized spacial score (nSPS) is 12.9. The van der Waals surface area contributed by atoms with Crippen molar-refractivity contribution in [3.8, 4) is 5.75 Å². The van der Waals surface area contributed by atoms with Gasteiger partial charge in [0.2, 0.25) is 0 Å². The van der Waals surface area contributed by atoms with Crippen LogP contribution in [-0.4, -0.2) is 20.1 Å². The zero-order valence-electron chi connectivity index (χ0n) is 8.84. The molecule has 2 nitrogen and oxygen atoms in total. The van der Waals surface area contributed by atoms with Crippen molar-refractivity contribution in [3.05, 3.63) is 29.8 Å². The SMILES string of the molecule is COc1cccc([C@@H](C)NCC(F)F)c1. The first-order chi connectivity index (χ1) is 7.13. The van der Waals surface area contributed by atoms with Gasteiger partial charge in [-0.05, 0) is 24.6 Å². The van der Waals surface area contributed by atoms with Gasteiger partial charge in [0, 0.05) is 6.04 Å². The van der Waals surface area contributed by atoms with E-state index < -0.39 is 6.43 Å². The molecule has 0 fully saturated rings. The lowest BCUT2D eigenvalue weighted by atomic mass is 10.1. The van der Waals surface area contributed by atoms with Crippen molar-refractivity contribution in [1.82, 2.24) is 5.32 Å². The Morgan fingerprint density at radius 1 is 1.40 bits per heavy atom. The highest BCUT2D eigenvalue weighted by atomic mass is 19.3. The number of rotatable bonds is 5. The summed E-state index contributed by atoms with van der Waals surface area (Å²) in [5.41, 5.74) is 0.940. The molecule has 0 bridgehead atoms. The maximum absolute atomic E-state index is 12.0. The lowest BCUT2D eigenvalue weighted by Gasteiger charge is -2.14. The molecular formula is C11H15F2NO. The van der Waals surface area contributed by atoms with Gasteiger partial charge in [-0.1, -0.05) is 12.1 Å². The van der Waals surface area contributed by atoms with Crippen LogP contribution in [0.25, 0.3) is 0 Å². The van der Waals surface area contributed by atoms with Gasteiger partial charge in [-0.15, -0.1) is 0 Å². The van der Waals surface area contributed by atoms with Crippen LogP contribution >= 0.6 is 0 Å². The molecule has 0 unspecified atom stereocenters. The average Bonchev–Trinajstić information content (AvgIpc) is 2.26. The average molecular weight is 215 g/mol. The van der Waals surface area contributed by atoms with Crippen LogP contribution in [-0.2, 0) is 0 Å². The summed E-state index contributed by atoms with van der Waals surface area (Å²) in [6.07, 6.45) is -2.32. The minimum Gasteiger partial charge on any atom is -0.497 e. The van der Waals surface area contributed by atoms with E-state index in [0.29, 0.717) is 0 Å². The second kappa shape index (κ2) is 5.66. The quantitative estimate of drug-likeness (QED) is 0.815. The largest absolute Gasteiger partial charge is 0.497 e. The molecule has 0 spiro atoms. The first kappa shape index (κ1) is 11.9. The van der Waals surface area contributed by atoms with E-state index in [-0.39, 0.29) is 12.6 Å². The summed E-state index contributed by atoms with van der Waals surface area (Å²) < 4.78 is 29.0. The van der Waals surface area contributed by atoms with Crippen LogP contribution in [0.5, 0.6) is 5.75 Å². The van der Waals surface area contributed by atoms with E-state index in [2.05, 4.69) is 5.32 Å². The topological polar surface area (TPSA) is 21.3 Å². The van der Waals surface area contributed by atoms with E-state index in [0.717, 1.165) is 11.3 Å². The molecule has 0 aliphatic heterocycles. The Kier molecular flexibility index (Phi) is 4.49. The second-order valence-electron chi connectivity index (χ2n) is 3.30. The van der Waals surface area contributed by atoms with Gasteiger partial charge in [0.05, 0.1) is 13.7 Å². The highest BCUT2D eigenvalue weighted by Gasteiger charge is 2.08. The molecule has 0 aliphatic rings. The third kappa shape index (κ3) is 3.83. The number of benzene rings is 1. The van der Waals surface area contributed by atoms with E-state index in [1.165, 1.54) is 0 Å². The Bertz CT molecular complexity index is 304. The number of ether oxygens (including phenoxy) is 1. The van der Waals surface area contributed by atoms with Crippen molar-refractivity contribution in [2.75, 3.05) is 13.7 Å². The maximum Gasteiger partial charge on any atom is 0.250 e. The number of methoxy groups -OCH3 is 1. The highest BCUT2D eigenvalue weighted by Crippen LogP contribution is 2.18. The van der Waals surface area contributed by atoms with Gasteiger partial charge in [-0.25, -0.2) is 8.78 Å². The maximum atomic E-state index is 12.0. The molecule has 0 amide bonds. The van der Waals surface area contributed by atoms with Crippen molar-refractivity contribution in [2.24, 2.45) is 0 Å². The number of alkyl halides is 2. The minimum atomic E-state index is -2.32. The summed E-state index contributed by atoms with van der Waals surface area (Å²) >= 11 is 0. The second-order valence-corrected chi connectivity index (χ2v) is 3.30. The van der Waals surface area contributed by atoms with Gasteiger partial charge in [0.15, 0.2) is 0 Å². The third-order valence-corrected chi connectivity index (χ3v) is 2.17. The number of hydrogen-bond acceptors (Lipinski definition) is 2. The Hall–Kier alpha value is -1.16. The Labute approximate surface area is 88.3 Å². The summed E-state index contributed by atoms with van der Waals surface area (Å²) in [5.74, 6) is 0.734. The molecule has 0 aromatic heterocycles. The molecule has 4 heteroatoms. The summed E-state index contributed by atoms with van der Waals surface area (Å²) in [5, 5.41) is 2.74. The fraction of sp³-hybridized carbons (Fsp3) is 0.455. The van der Waals surface area contributed by atoms with Gasteiger partial charge in [0.1, 0.15) is 5.75 Å². The van der Waals surface area contributed by atoms with Crippen molar-refractivity contribution in [3.63, 3.8) is 0 Å². The number of nitrogens with one attached hydrogen (secondary N) is 1. The van der Waals surface area contributed by atoms with Crippen molar-refractivity contribution in [2.45, 2.75) is 19.4 Å². The van der Waals surface area contributed by atoms with E-state index in [9.17, 15) is 8.78 Å². The Morgan fingerprint density at radius 3 is 2.73 bits per heavy atom. The first-order valence-electron chi connectivity index (χ1n) is 4.79. The molecule has 1 aromatic carbocycles. The van der Waals surface area contributed by atoms with Crippen molar-refractivity contribution in [1.29, 1.82) is 0 Å². The van der Waals surface area contributed by atoms with Crippen molar-refractivity contribution < 1.29 is 13.5 Å². The molecule has 1 aromatic rings. The first-order valence-corrected chi connectivity index (χ1v) is 4.79. The lowest BCUT2D eigenvalue weighted by molar-refractivity contribution is 0.142. The summed E-state index contributed by atoms with van der Waals surface area (Å²) in [7, 11) is 1.58. The van der Waals surface area contributed by atoms with Crippen LogP contribution in [0.2, 0.25) is 0 Å². The molecule has 84 valence electrons. The molecule has 0 saturated heterocycles. The van der Waals surface area contributed by atoms with Gasteiger partial charge >= 0.3 is 0 Å². The monoisotopic (exact) mass is 215 g/mol. The number of hydrogen-bond donors (Lipinski definition) is 1. The molecular weight excluding hydrogens is 200 g/mol. The minimum absolute atomic E-state index is 0.103. The lowest BCUT2D eigenvalue weighted by Crippen LogP contribution is -2.24. The molecule has 1 rings (SSSR count). The molecule has 0 heterocycles. The predicted octanol–water partition coefficient (Wildman–Crippen LogP) is 2.61. The molecule has 0 aliphatic carbocycles. The van der Waals surface area contributed by atoms with Gasteiger partial charge < -0.3 is 10.1 Å². The smallest absolute Gasteiger partial charge is 0.250 e. The van der Waals surface area contributed by atoms with Gasteiger partial charge in [0.25, 0.3) is 6.43 Å². The molecule has 0 radical (unpaired) electrons. The summed E-state index contributed by atoms with van der Waals surface area (Å²) in [6, 6.07) is 7.28. The van der Waals surface area contributed by atoms with Crippen LogP contribution in [0.15, 0.2) is 24.3 Å². The van der Waals surface area contributed by atoms with E-state index in [4.69, 9.17) is 4.74 Å². The van der Waals surface area contributed by atoms with E-state index >= 15 is 0 Å². The Morgan fingerprint density at radius 2 is 2.13 bits per heavy atom. The van der Waals surface area contributed by atoms with Crippen LogP contribution in [0.4, 0.5) is 8.78 Å². The van der Waals surface area contributed by atoms with Crippen molar-refractivity contribution >= 4 is 0 Å². The fourth-order valence-electron chi connectivity index (χ4n) is 1.29. The zero-order chi connectivity index (χ0) is 11.3. The van der Waals surface area contributed by atoms with Crippen LogP contribution < -0.4 is 10.1 Å². The van der Waals surface area contributed by atoms with Gasteiger partial charge in [-0.2, -0.15) is 0 Å². The predicted molar refractivity (Wildman–Crippen MR) is 55.4 cm³/mol.